The molecule has 102 valence electrons. The van der Waals surface area contributed by atoms with E-state index in [1.165, 1.54) is 43.9 Å². The number of para-hydroxylation sites is 1. The average Bonchev–Trinajstić information content (AvgIpc) is 2.99. The van der Waals surface area contributed by atoms with Gasteiger partial charge in [-0.15, -0.1) is 0 Å². The SMILES string of the molecule is O=C(O)c1cccc(F)c1NCC1CC2CCC1C2. The Morgan fingerprint density at radius 2 is 2.21 bits per heavy atom. The van der Waals surface area contributed by atoms with E-state index in [-0.39, 0.29) is 11.3 Å². The van der Waals surface area contributed by atoms with Crippen LogP contribution in [-0.4, -0.2) is 17.6 Å². The van der Waals surface area contributed by atoms with Crippen molar-refractivity contribution in [2.24, 2.45) is 17.8 Å². The van der Waals surface area contributed by atoms with Gasteiger partial charge in [0.25, 0.3) is 0 Å². The van der Waals surface area contributed by atoms with E-state index in [0.717, 1.165) is 11.8 Å². The zero-order valence-corrected chi connectivity index (χ0v) is 10.7. The van der Waals surface area contributed by atoms with Gasteiger partial charge in [-0.2, -0.15) is 0 Å². The third-order valence-electron chi connectivity index (χ3n) is 4.67. The van der Waals surface area contributed by atoms with Gasteiger partial charge in [-0.25, -0.2) is 9.18 Å². The van der Waals surface area contributed by atoms with Gasteiger partial charge in [0.05, 0.1) is 11.3 Å². The number of carboxylic acids is 1. The maximum atomic E-state index is 13.7. The molecule has 0 saturated heterocycles. The van der Waals surface area contributed by atoms with Crippen molar-refractivity contribution >= 4 is 11.7 Å². The van der Waals surface area contributed by atoms with Gasteiger partial charge in [0.2, 0.25) is 0 Å². The monoisotopic (exact) mass is 263 g/mol. The molecule has 3 atom stereocenters. The molecule has 0 aromatic heterocycles. The van der Waals surface area contributed by atoms with Crippen molar-refractivity contribution in [3.8, 4) is 0 Å². The molecule has 19 heavy (non-hydrogen) atoms. The van der Waals surface area contributed by atoms with Crippen molar-refractivity contribution in [1.29, 1.82) is 0 Å². The Bertz CT molecular complexity index is 503. The third-order valence-corrected chi connectivity index (χ3v) is 4.67. The van der Waals surface area contributed by atoms with Gasteiger partial charge in [0.1, 0.15) is 5.82 Å². The summed E-state index contributed by atoms with van der Waals surface area (Å²) in [6.45, 7) is 0.683. The third kappa shape index (κ3) is 2.31. The van der Waals surface area contributed by atoms with Crippen molar-refractivity contribution in [1.82, 2.24) is 0 Å². The van der Waals surface area contributed by atoms with Crippen LogP contribution in [0, 0.1) is 23.6 Å². The molecule has 0 amide bonds. The number of carbonyl (C=O) groups is 1. The van der Waals surface area contributed by atoms with Crippen molar-refractivity contribution in [3.05, 3.63) is 29.6 Å². The first-order valence-electron chi connectivity index (χ1n) is 6.91. The van der Waals surface area contributed by atoms with E-state index in [4.69, 9.17) is 5.11 Å². The van der Waals surface area contributed by atoms with Crippen molar-refractivity contribution < 1.29 is 14.3 Å². The Morgan fingerprint density at radius 1 is 1.37 bits per heavy atom. The predicted octanol–water partition coefficient (Wildman–Crippen LogP) is 3.37. The number of hydrogen-bond acceptors (Lipinski definition) is 2. The minimum atomic E-state index is -1.09. The summed E-state index contributed by atoms with van der Waals surface area (Å²) in [5, 5.41) is 12.1. The predicted molar refractivity (Wildman–Crippen MR) is 70.8 cm³/mol. The molecule has 2 aliphatic rings. The molecule has 0 heterocycles. The van der Waals surface area contributed by atoms with Crippen LogP contribution >= 0.6 is 0 Å². The van der Waals surface area contributed by atoms with Crippen LogP contribution in [0.3, 0.4) is 0 Å². The first-order chi connectivity index (χ1) is 9.15. The minimum absolute atomic E-state index is 0.0168. The normalized spacial score (nSPS) is 28.6. The molecule has 3 rings (SSSR count). The standard InChI is InChI=1S/C15H18FNO2/c16-13-3-1-2-12(15(18)19)14(13)17-8-11-7-9-4-5-10(11)6-9/h1-3,9-11,17H,4-8H2,(H,18,19). The lowest BCUT2D eigenvalue weighted by Gasteiger charge is -2.23. The Balaban J connectivity index is 1.71. The van der Waals surface area contributed by atoms with E-state index in [1.54, 1.807) is 0 Å². The summed E-state index contributed by atoms with van der Waals surface area (Å²) in [7, 11) is 0. The van der Waals surface area contributed by atoms with Gasteiger partial charge >= 0.3 is 5.97 Å². The van der Waals surface area contributed by atoms with Crippen molar-refractivity contribution in [2.75, 3.05) is 11.9 Å². The number of rotatable bonds is 4. The summed E-state index contributed by atoms with van der Waals surface area (Å²) in [5.41, 5.74) is 0.154. The second-order valence-electron chi connectivity index (χ2n) is 5.78. The van der Waals surface area contributed by atoms with E-state index in [1.807, 2.05) is 0 Å². The molecule has 3 nitrogen and oxygen atoms in total. The Hall–Kier alpha value is -1.58. The summed E-state index contributed by atoms with van der Waals surface area (Å²) >= 11 is 0. The highest BCUT2D eigenvalue weighted by atomic mass is 19.1. The molecule has 4 heteroatoms. The zero-order valence-electron chi connectivity index (χ0n) is 10.7. The topological polar surface area (TPSA) is 49.3 Å². The van der Waals surface area contributed by atoms with Crippen molar-refractivity contribution in [2.45, 2.75) is 25.7 Å². The first-order valence-corrected chi connectivity index (χ1v) is 6.91. The molecular formula is C15H18FNO2. The molecule has 1 aromatic rings. The number of anilines is 1. The van der Waals surface area contributed by atoms with E-state index in [0.29, 0.717) is 12.5 Å². The molecule has 0 aliphatic heterocycles. The van der Waals surface area contributed by atoms with Crippen molar-refractivity contribution in [3.63, 3.8) is 0 Å². The fourth-order valence-electron chi connectivity index (χ4n) is 3.74. The summed E-state index contributed by atoms with van der Waals surface area (Å²) in [4.78, 5) is 11.1. The van der Waals surface area contributed by atoms with Gasteiger partial charge < -0.3 is 10.4 Å². The smallest absolute Gasteiger partial charge is 0.337 e. The number of hydrogen-bond donors (Lipinski definition) is 2. The molecule has 2 N–H and O–H groups in total. The van der Waals surface area contributed by atoms with Crippen LogP contribution in [0.25, 0.3) is 0 Å². The Labute approximate surface area is 111 Å². The van der Waals surface area contributed by atoms with Crippen LogP contribution in [0.15, 0.2) is 18.2 Å². The average molecular weight is 263 g/mol. The van der Waals surface area contributed by atoms with Gasteiger partial charge in [-0.1, -0.05) is 12.5 Å². The quantitative estimate of drug-likeness (QED) is 0.875. The molecule has 2 fully saturated rings. The van der Waals surface area contributed by atoms with E-state index >= 15 is 0 Å². The van der Waals surface area contributed by atoms with E-state index < -0.39 is 11.8 Å². The van der Waals surface area contributed by atoms with Gasteiger partial charge in [-0.3, -0.25) is 0 Å². The largest absolute Gasteiger partial charge is 0.478 e. The van der Waals surface area contributed by atoms with Crippen LogP contribution in [-0.2, 0) is 0 Å². The lowest BCUT2D eigenvalue weighted by Crippen LogP contribution is -2.21. The van der Waals surface area contributed by atoms with E-state index in [2.05, 4.69) is 5.32 Å². The fourth-order valence-corrected chi connectivity index (χ4v) is 3.74. The van der Waals surface area contributed by atoms with E-state index in [9.17, 15) is 9.18 Å². The molecule has 0 radical (unpaired) electrons. The number of benzene rings is 1. The molecule has 2 saturated carbocycles. The highest BCUT2D eigenvalue weighted by Gasteiger charge is 2.39. The van der Waals surface area contributed by atoms with Crippen LogP contribution in [0.1, 0.15) is 36.0 Å². The first kappa shape index (κ1) is 12.5. The molecular weight excluding hydrogens is 245 g/mol. The number of halogens is 1. The van der Waals surface area contributed by atoms with Crippen LogP contribution in [0.2, 0.25) is 0 Å². The van der Waals surface area contributed by atoms with Gasteiger partial charge in [0.15, 0.2) is 0 Å². The highest BCUT2D eigenvalue weighted by molar-refractivity contribution is 5.94. The van der Waals surface area contributed by atoms with Crippen LogP contribution in [0.4, 0.5) is 10.1 Å². The number of nitrogens with one attached hydrogen (secondary N) is 1. The zero-order chi connectivity index (χ0) is 13.4. The second kappa shape index (κ2) is 4.83. The summed E-state index contributed by atoms with van der Waals surface area (Å²) in [5.74, 6) is 0.590. The number of fused-ring (bicyclic) bond motifs is 2. The lowest BCUT2D eigenvalue weighted by atomic mass is 9.89. The second-order valence-corrected chi connectivity index (χ2v) is 5.78. The van der Waals surface area contributed by atoms with Gasteiger partial charge in [-0.05, 0) is 49.1 Å². The van der Waals surface area contributed by atoms with Crippen LogP contribution in [0.5, 0.6) is 0 Å². The number of carboxylic acid groups (broad SMARTS) is 1. The Morgan fingerprint density at radius 3 is 2.84 bits per heavy atom. The van der Waals surface area contributed by atoms with Gasteiger partial charge in [0, 0.05) is 6.54 Å². The molecule has 3 unspecified atom stereocenters. The lowest BCUT2D eigenvalue weighted by molar-refractivity contribution is 0.0697. The Kier molecular flexibility index (Phi) is 3.17. The number of aromatic carboxylic acids is 1. The minimum Gasteiger partial charge on any atom is -0.478 e. The molecule has 2 bridgehead atoms. The summed E-state index contributed by atoms with van der Waals surface area (Å²) in [6.07, 6.45) is 5.12. The summed E-state index contributed by atoms with van der Waals surface area (Å²) in [6, 6.07) is 4.17. The summed E-state index contributed by atoms with van der Waals surface area (Å²) < 4.78 is 13.7. The fraction of sp³-hybridized carbons (Fsp3) is 0.533. The van der Waals surface area contributed by atoms with Crippen LogP contribution < -0.4 is 5.32 Å². The molecule has 1 aromatic carbocycles. The highest BCUT2D eigenvalue weighted by Crippen LogP contribution is 2.48. The molecule has 2 aliphatic carbocycles. The molecule has 0 spiro atoms. The maximum absolute atomic E-state index is 13.7. The maximum Gasteiger partial charge on any atom is 0.337 e.